The fraction of sp³-hybridized carbons (Fsp3) is 0.706. The summed E-state index contributed by atoms with van der Waals surface area (Å²) in [5, 5.41) is 0. The van der Waals surface area contributed by atoms with Crippen molar-refractivity contribution < 1.29 is 4.79 Å². The minimum Gasteiger partial charge on any atom is -0.342 e. The summed E-state index contributed by atoms with van der Waals surface area (Å²) in [6.07, 6.45) is 10.3. The van der Waals surface area contributed by atoms with Crippen molar-refractivity contribution in [2.75, 3.05) is 25.0 Å². The van der Waals surface area contributed by atoms with Gasteiger partial charge in [0.2, 0.25) is 5.95 Å². The Balaban J connectivity index is 2.04. The lowest BCUT2D eigenvalue weighted by Gasteiger charge is -2.35. The highest BCUT2D eigenvalue weighted by Gasteiger charge is 2.23. The van der Waals surface area contributed by atoms with Crippen LogP contribution in [-0.4, -0.2) is 47.0 Å². The fourth-order valence-corrected chi connectivity index (χ4v) is 2.99. The van der Waals surface area contributed by atoms with Crippen molar-refractivity contribution >= 4 is 11.9 Å². The zero-order valence-electron chi connectivity index (χ0n) is 14.1. The highest BCUT2D eigenvalue weighted by atomic mass is 16.2. The summed E-state index contributed by atoms with van der Waals surface area (Å²) in [7, 11) is 1.84. The van der Waals surface area contributed by atoms with Crippen LogP contribution in [0.4, 0.5) is 5.95 Å². The second-order valence-electron chi connectivity index (χ2n) is 6.10. The Labute approximate surface area is 133 Å². The van der Waals surface area contributed by atoms with Gasteiger partial charge in [0.05, 0.1) is 5.56 Å². The molecule has 5 nitrogen and oxygen atoms in total. The lowest BCUT2D eigenvalue weighted by atomic mass is 10.0. The molecular weight excluding hydrogens is 276 g/mol. The number of hydrogen-bond acceptors (Lipinski definition) is 4. The maximum Gasteiger partial charge on any atom is 0.256 e. The van der Waals surface area contributed by atoms with Gasteiger partial charge in [0, 0.05) is 38.6 Å². The van der Waals surface area contributed by atoms with Crippen molar-refractivity contribution in [3.63, 3.8) is 0 Å². The predicted octanol–water partition coefficient (Wildman–Crippen LogP) is 3.12. The van der Waals surface area contributed by atoms with Crippen molar-refractivity contribution in [1.29, 1.82) is 0 Å². The molecule has 0 saturated carbocycles. The molecule has 0 aromatic carbocycles. The maximum absolute atomic E-state index is 12.3. The van der Waals surface area contributed by atoms with Crippen LogP contribution < -0.4 is 4.90 Å². The standard InChI is InChI=1S/C17H28N4O/c1-4-6-10-20(3)16(22)14-12-18-17(19-13-14)21-11-8-7-9-15(21)5-2/h12-13,15H,4-11H2,1-3H3. The van der Waals surface area contributed by atoms with E-state index in [2.05, 4.69) is 28.7 Å². The summed E-state index contributed by atoms with van der Waals surface area (Å²) >= 11 is 0. The van der Waals surface area contributed by atoms with Gasteiger partial charge in [0.25, 0.3) is 5.91 Å². The van der Waals surface area contributed by atoms with Gasteiger partial charge in [-0.1, -0.05) is 20.3 Å². The lowest BCUT2D eigenvalue weighted by Crippen LogP contribution is -2.40. The summed E-state index contributed by atoms with van der Waals surface area (Å²) in [6.45, 7) is 6.13. The van der Waals surface area contributed by atoms with E-state index >= 15 is 0 Å². The fourth-order valence-electron chi connectivity index (χ4n) is 2.99. The van der Waals surface area contributed by atoms with Gasteiger partial charge >= 0.3 is 0 Å². The number of hydrogen-bond donors (Lipinski definition) is 0. The molecule has 1 aliphatic rings. The Morgan fingerprint density at radius 1 is 1.32 bits per heavy atom. The topological polar surface area (TPSA) is 49.3 Å². The molecule has 5 heteroatoms. The Kier molecular flexibility index (Phi) is 6.16. The van der Waals surface area contributed by atoms with Crippen LogP contribution in [0.15, 0.2) is 12.4 Å². The average Bonchev–Trinajstić information content (AvgIpc) is 2.59. The smallest absolute Gasteiger partial charge is 0.256 e. The number of carbonyl (C=O) groups is 1. The van der Waals surface area contributed by atoms with E-state index in [-0.39, 0.29) is 5.91 Å². The first-order valence-corrected chi connectivity index (χ1v) is 8.51. The first-order valence-electron chi connectivity index (χ1n) is 8.51. The van der Waals surface area contributed by atoms with Crippen LogP contribution in [0.25, 0.3) is 0 Å². The number of aromatic nitrogens is 2. The number of carbonyl (C=O) groups excluding carboxylic acids is 1. The van der Waals surface area contributed by atoms with Gasteiger partial charge in [-0.2, -0.15) is 0 Å². The van der Waals surface area contributed by atoms with E-state index in [1.807, 2.05) is 7.05 Å². The summed E-state index contributed by atoms with van der Waals surface area (Å²) in [6, 6.07) is 0.530. The monoisotopic (exact) mass is 304 g/mol. The molecule has 2 heterocycles. The van der Waals surface area contributed by atoms with E-state index in [4.69, 9.17) is 0 Å². The number of unbranched alkanes of at least 4 members (excludes halogenated alkanes) is 1. The highest BCUT2D eigenvalue weighted by molar-refractivity contribution is 5.93. The van der Waals surface area contributed by atoms with Gasteiger partial charge in [0.1, 0.15) is 0 Å². The number of rotatable bonds is 6. The minimum atomic E-state index is 0.00526. The zero-order valence-corrected chi connectivity index (χ0v) is 14.1. The zero-order chi connectivity index (χ0) is 15.9. The van der Waals surface area contributed by atoms with Gasteiger partial charge in [0.15, 0.2) is 0 Å². The van der Waals surface area contributed by atoms with Crippen LogP contribution >= 0.6 is 0 Å². The third kappa shape index (κ3) is 3.96. The molecule has 22 heavy (non-hydrogen) atoms. The lowest BCUT2D eigenvalue weighted by molar-refractivity contribution is 0.0792. The molecule has 1 amide bonds. The Hall–Kier alpha value is -1.65. The molecule has 0 spiro atoms. The molecule has 1 aromatic heterocycles. The largest absolute Gasteiger partial charge is 0.342 e. The van der Waals surface area contributed by atoms with Gasteiger partial charge in [-0.05, 0) is 32.1 Å². The molecule has 2 rings (SSSR count). The Morgan fingerprint density at radius 3 is 2.68 bits per heavy atom. The molecule has 0 N–H and O–H groups in total. The summed E-state index contributed by atoms with van der Waals surface area (Å²) in [5.74, 6) is 0.769. The van der Waals surface area contributed by atoms with Crippen molar-refractivity contribution in [3.8, 4) is 0 Å². The highest BCUT2D eigenvalue weighted by Crippen LogP contribution is 2.23. The second-order valence-corrected chi connectivity index (χ2v) is 6.10. The van der Waals surface area contributed by atoms with E-state index in [1.165, 1.54) is 19.3 Å². The van der Waals surface area contributed by atoms with Gasteiger partial charge in [-0.15, -0.1) is 0 Å². The summed E-state index contributed by atoms with van der Waals surface area (Å²) < 4.78 is 0. The number of nitrogens with zero attached hydrogens (tertiary/aromatic N) is 4. The van der Waals surface area contributed by atoms with E-state index in [0.29, 0.717) is 11.6 Å². The Morgan fingerprint density at radius 2 is 2.05 bits per heavy atom. The van der Waals surface area contributed by atoms with Crippen molar-refractivity contribution in [2.24, 2.45) is 0 Å². The predicted molar refractivity (Wildman–Crippen MR) is 89.2 cm³/mol. The minimum absolute atomic E-state index is 0.00526. The van der Waals surface area contributed by atoms with Crippen LogP contribution in [0.1, 0.15) is 62.7 Å². The molecule has 0 aliphatic carbocycles. The van der Waals surface area contributed by atoms with Crippen LogP contribution in [0, 0.1) is 0 Å². The van der Waals surface area contributed by atoms with E-state index in [1.54, 1.807) is 17.3 Å². The SMILES string of the molecule is CCCCN(C)C(=O)c1cnc(N2CCCCC2CC)nc1. The van der Waals surface area contributed by atoms with Crippen molar-refractivity contribution in [2.45, 2.75) is 58.4 Å². The third-order valence-corrected chi connectivity index (χ3v) is 4.43. The molecule has 1 unspecified atom stereocenters. The number of piperidine rings is 1. The molecule has 1 saturated heterocycles. The van der Waals surface area contributed by atoms with Gasteiger partial charge < -0.3 is 9.80 Å². The normalized spacial score (nSPS) is 18.3. The van der Waals surface area contributed by atoms with E-state index in [0.717, 1.165) is 38.3 Å². The summed E-state index contributed by atoms with van der Waals surface area (Å²) in [5.41, 5.74) is 0.576. The first-order chi connectivity index (χ1) is 10.7. The van der Waals surface area contributed by atoms with E-state index < -0.39 is 0 Å². The molecule has 122 valence electrons. The molecular formula is C17H28N4O. The number of anilines is 1. The molecule has 0 radical (unpaired) electrons. The molecule has 0 bridgehead atoms. The van der Waals surface area contributed by atoms with E-state index in [9.17, 15) is 4.79 Å². The van der Waals surface area contributed by atoms with Crippen LogP contribution in [0.2, 0.25) is 0 Å². The van der Waals surface area contributed by atoms with Crippen LogP contribution in [-0.2, 0) is 0 Å². The van der Waals surface area contributed by atoms with Gasteiger partial charge in [-0.25, -0.2) is 9.97 Å². The van der Waals surface area contributed by atoms with Crippen LogP contribution in [0.3, 0.4) is 0 Å². The Bertz CT molecular complexity index is 474. The third-order valence-electron chi connectivity index (χ3n) is 4.43. The summed E-state index contributed by atoms with van der Waals surface area (Å²) in [4.78, 5) is 25.2. The average molecular weight is 304 g/mol. The maximum atomic E-state index is 12.3. The van der Waals surface area contributed by atoms with Crippen molar-refractivity contribution in [1.82, 2.24) is 14.9 Å². The van der Waals surface area contributed by atoms with Crippen molar-refractivity contribution in [3.05, 3.63) is 18.0 Å². The molecule has 1 fully saturated rings. The molecule has 1 aliphatic heterocycles. The van der Waals surface area contributed by atoms with Crippen LogP contribution in [0.5, 0.6) is 0 Å². The van der Waals surface area contributed by atoms with Gasteiger partial charge in [-0.3, -0.25) is 4.79 Å². The quantitative estimate of drug-likeness (QED) is 0.810. The number of amides is 1. The molecule has 1 atom stereocenters. The molecule has 1 aromatic rings. The first kappa shape index (κ1) is 16.7. The second kappa shape index (κ2) is 8.11.